The van der Waals surface area contributed by atoms with Crippen molar-refractivity contribution in [2.45, 2.75) is 19.8 Å². The van der Waals surface area contributed by atoms with E-state index in [9.17, 15) is 8.42 Å². The molecule has 0 unspecified atom stereocenters. The molecule has 0 saturated heterocycles. The lowest BCUT2D eigenvalue weighted by Crippen LogP contribution is -2.16. The van der Waals surface area contributed by atoms with Gasteiger partial charge in [-0.05, 0) is 36.6 Å². The molecule has 0 bridgehead atoms. The number of para-hydroxylation sites is 1. The number of nitrogens with one attached hydrogen (secondary N) is 2. The second-order valence-corrected chi connectivity index (χ2v) is 7.18. The first-order chi connectivity index (χ1) is 11.5. The van der Waals surface area contributed by atoms with Gasteiger partial charge in [0.1, 0.15) is 11.6 Å². The second-order valence-electron chi connectivity index (χ2n) is 5.34. The SMILES string of the molecule is CCCS(=O)(=O)Nc1ccc(NCCc2ccccc2OC)nc1. The molecule has 7 heteroatoms. The van der Waals surface area contributed by atoms with Crippen molar-refractivity contribution in [3.63, 3.8) is 0 Å². The van der Waals surface area contributed by atoms with Crippen molar-refractivity contribution in [1.82, 2.24) is 4.98 Å². The minimum absolute atomic E-state index is 0.103. The van der Waals surface area contributed by atoms with E-state index < -0.39 is 10.0 Å². The Morgan fingerprint density at radius 1 is 1.17 bits per heavy atom. The minimum Gasteiger partial charge on any atom is -0.496 e. The number of methoxy groups -OCH3 is 1. The number of anilines is 2. The highest BCUT2D eigenvalue weighted by molar-refractivity contribution is 7.92. The van der Waals surface area contributed by atoms with E-state index in [1.165, 1.54) is 6.20 Å². The third-order valence-electron chi connectivity index (χ3n) is 3.40. The summed E-state index contributed by atoms with van der Waals surface area (Å²) >= 11 is 0. The van der Waals surface area contributed by atoms with Crippen LogP contribution in [-0.4, -0.2) is 32.8 Å². The lowest BCUT2D eigenvalue weighted by molar-refractivity contribution is 0.410. The smallest absolute Gasteiger partial charge is 0.232 e. The normalized spacial score (nSPS) is 11.1. The van der Waals surface area contributed by atoms with Gasteiger partial charge in [0.25, 0.3) is 0 Å². The molecule has 130 valence electrons. The molecule has 0 saturated carbocycles. The van der Waals surface area contributed by atoms with E-state index in [-0.39, 0.29) is 5.75 Å². The largest absolute Gasteiger partial charge is 0.496 e. The number of benzene rings is 1. The van der Waals surface area contributed by atoms with E-state index in [1.54, 1.807) is 19.2 Å². The number of aromatic nitrogens is 1. The molecule has 24 heavy (non-hydrogen) atoms. The third kappa shape index (κ3) is 5.42. The van der Waals surface area contributed by atoms with Crippen molar-refractivity contribution in [3.05, 3.63) is 48.2 Å². The van der Waals surface area contributed by atoms with Crippen LogP contribution in [-0.2, 0) is 16.4 Å². The van der Waals surface area contributed by atoms with Crippen LogP contribution in [0.3, 0.4) is 0 Å². The van der Waals surface area contributed by atoms with Gasteiger partial charge < -0.3 is 10.1 Å². The van der Waals surface area contributed by atoms with E-state index in [1.807, 2.05) is 31.2 Å². The van der Waals surface area contributed by atoms with Crippen LogP contribution in [0.1, 0.15) is 18.9 Å². The second kappa shape index (κ2) is 8.54. The zero-order chi connectivity index (χ0) is 17.4. The average Bonchev–Trinajstić information content (AvgIpc) is 2.56. The molecular formula is C17H23N3O3S. The Labute approximate surface area is 143 Å². The molecule has 1 aromatic heterocycles. The number of nitrogens with zero attached hydrogens (tertiary/aromatic N) is 1. The van der Waals surface area contributed by atoms with Gasteiger partial charge in [0.2, 0.25) is 10.0 Å². The first-order valence-electron chi connectivity index (χ1n) is 7.86. The summed E-state index contributed by atoms with van der Waals surface area (Å²) in [5.74, 6) is 1.67. The van der Waals surface area contributed by atoms with Gasteiger partial charge in [-0.1, -0.05) is 25.1 Å². The molecule has 6 nitrogen and oxygen atoms in total. The Balaban J connectivity index is 1.88. The van der Waals surface area contributed by atoms with Crippen LogP contribution in [0.4, 0.5) is 11.5 Å². The van der Waals surface area contributed by atoms with Crippen molar-refractivity contribution in [1.29, 1.82) is 0 Å². The van der Waals surface area contributed by atoms with Gasteiger partial charge in [-0.2, -0.15) is 0 Å². The van der Waals surface area contributed by atoms with Gasteiger partial charge in [-0.15, -0.1) is 0 Å². The Bertz CT molecular complexity index is 746. The first-order valence-corrected chi connectivity index (χ1v) is 9.51. The van der Waals surface area contributed by atoms with Crippen molar-refractivity contribution in [2.75, 3.05) is 29.4 Å². The van der Waals surface area contributed by atoms with Crippen LogP contribution in [0.5, 0.6) is 5.75 Å². The maximum Gasteiger partial charge on any atom is 0.232 e. The van der Waals surface area contributed by atoms with Gasteiger partial charge in [0.05, 0.1) is 24.7 Å². The summed E-state index contributed by atoms with van der Waals surface area (Å²) in [6.45, 7) is 2.53. The summed E-state index contributed by atoms with van der Waals surface area (Å²) < 4.78 is 31.2. The quantitative estimate of drug-likeness (QED) is 0.727. The fraction of sp³-hybridized carbons (Fsp3) is 0.353. The summed E-state index contributed by atoms with van der Waals surface area (Å²) in [4.78, 5) is 4.23. The number of ether oxygens (including phenoxy) is 1. The number of rotatable bonds is 9. The topological polar surface area (TPSA) is 80.3 Å². The summed E-state index contributed by atoms with van der Waals surface area (Å²) in [7, 11) is -1.62. The van der Waals surface area contributed by atoms with Gasteiger partial charge in [0.15, 0.2) is 0 Å². The molecule has 2 N–H and O–H groups in total. The maximum atomic E-state index is 11.7. The van der Waals surface area contributed by atoms with E-state index in [0.29, 0.717) is 24.5 Å². The summed E-state index contributed by atoms with van der Waals surface area (Å²) in [5.41, 5.74) is 1.59. The summed E-state index contributed by atoms with van der Waals surface area (Å²) in [5, 5.41) is 3.22. The summed E-state index contributed by atoms with van der Waals surface area (Å²) in [6.07, 6.45) is 2.89. The monoisotopic (exact) mass is 349 g/mol. The van der Waals surface area contributed by atoms with Crippen molar-refractivity contribution in [2.24, 2.45) is 0 Å². The van der Waals surface area contributed by atoms with Crippen LogP contribution in [0.25, 0.3) is 0 Å². The molecular weight excluding hydrogens is 326 g/mol. The Morgan fingerprint density at radius 3 is 2.62 bits per heavy atom. The van der Waals surface area contributed by atoms with Crippen molar-refractivity contribution >= 4 is 21.5 Å². The fourth-order valence-electron chi connectivity index (χ4n) is 2.29. The van der Waals surface area contributed by atoms with E-state index >= 15 is 0 Å². The van der Waals surface area contributed by atoms with Gasteiger partial charge in [0, 0.05) is 6.54 Å². The van der Waals surface area contributed by atoms with Gasteiger partial charge >= 0.3 is 0 Å². The van der Waals surface area contributed by atoms with Gasteiger partial charge in [-0.25, -0.2) is 13.4 Å². The summed E-state index contributed by atoms with van der Waals surface area (Å²) in [6, 6.07) is 11.3. The Kier molecular flexibility index (Phi) is 6.43. The highest BCUT2D eigenvalue weighted by Gasteiger charge is 2.08. The zero-order valence-electron chi connectivity index (χ0n) is 14.0. The van der Waals surface area contributed by atoms with E-state index in [2.05, 4.69) is 15.0 Å². The molecule has 2 rings (SSSR count). The molecule has 0 aliphatic rings. The average molecular weight is 349 g/mol. The van der Waals surface area contributed by atoms with Crippen LogP contribution in [0.2, 0.25) is 0 Å². The molecule has 0 fully saturated rings. The molecule has 0 aliphatic heterocycles. The highest BCUT2D eigenvalue weighted by Crippen LogP contribution is 2.18. The molecule has 0 spiro atoms. The Hall–Kier alpha value is -2.28. The standard InChI is InChI=1S/C17H23N3O3S/c1-3-12-24(21,22)20-15-8-9-17(19-13-15)18-11-10-14-6-4-5-7-16(14)23-2/h4-9,13,20H,3,10-12H2,1-2H3,(H,18,19). The molecule has 1 heterocycles. The number of hydrogen-bond acceptors (Lipinski definition) is 5. The lowest BCUT2D eigenvalue weighted by atomic mass is 10.1. The number of hydrogen-bond donors (Lipinski definition) is 2. The van der Waals surface area contributed by atoms with Crippen LogP contribution < -0.4 is 14.8 Å². The van der Waals surface area contributed by atoms with Crippen molar-refractivity contribution in [3.8, 4) is 5.75 Å². The number of pyridine rings is 1. The fourth-order valence-corrected chi connectivity index (χ4v) is 3.41. The molecule has 0 aliphatic carbocycles. The predicted molar refractivity (Wildman–Crippen MR) is 97.1 cm³/mol. The minimum atomic E-state index is -3.28. The molecule has 0 atom stereocenters. The van der Waals surface area contributed by atoms with Crippen LogP contribution in [0, 0.1) is 0 Å². The first kappa shape index (κ1) is 18.1. The molecule has 0 amide bonds. The van der Waals surface area contributed by atoms with E-state index in [0.717, 1.165) is 17.7 Å². The van der Waals surface area contributed by atoms with Crippen LogP contribution >= 0.6 is 0 Å². The highest BCUT2D eigenvalue weighted by atomic mass is 32.2. The van der Waals surface area contributed by atoms with Crippen molar-refractivity contribution < 1.29 is 13.2 Å². The predicted octanol–water partition coefficient (Wildman–Crippen LogP) is 2.90. The molecule has 1 aromatic carbocycles. The third-order valence-corrected chi connectivity index (χ3v) is 4.90. The zero-order valence-corrected chi connectivity index (χ0v) is 14.8. The van der Waals surface area contributed by atoms with Gasteiger partial charge in [-0.3, -0.25) is 4.72 Å². The van der Waals surface area contributed by atoms with E-state index in [4.69, 9.17) is 4.74 Å². The molecule has 0 radical (unpaired) electrons. The molecule has 2 aromatic rings. The number of sulfonamides is 1. The van der Waals surface area contributed by atoms with Crippen LogP contribution in [0.15, 0.2) is 42.6 Å². The maximum absolute atomic E-state index is 11.7. The Morgan fingerprint density at radius 2 is 1.96 bits per heavy atom. The lowest BCUT2D eigenvalue weighted by Gasteiger charge is -2.10.